The molecule has 1 heterocycles. The molecular weight excluding hydrogens is 214 g/mol. The Kier molecular flexibility index (Phi) is 6.45. The summed E-state index contributed by atoms with van der Waals surface area (Å²) in [5.41, 5.74) is 0.217. The third-order valence-corrected chi connectivity index (χ3v) is 3.03. The van der Waals surface area contributed by atoms with E-state index in [0.29, 0.717) is 11.8 Å². The molecule has 102 valence electrons. The summed E-state index contributed by atoms with van der Waals surface area (Å²) in [6.45, 7) is 14.6. The molecular formula is C14H29NO2. The minimum atomic E-state index is 0.217. The molecule has 1 unspecified atom stereocenters. The molecule has 0 saturated carbocycles. The van der Waals surface area contributed by atoms with Gasteiger partial charge in [-0.2, -0.15) is 0 Å². The van der Waals surface area contributed by atoms with Crippen LogP contribution >= 0.6 is 0 Å². The molecule has 1 rings (SSSR count). The Morgan fingerprint density at radius 1 is 1.41 bits per heavy atom. The molecule has 1 saturated heterocycles. The fourth-order valence-electron chi connectivity index (χ4n) is 1.97. The molecule has 1 atom stereocenters. The summed E-state index contributed by atoms with van der Waals surface area (Å²) >= 11 is 0. The van der Waals surface area contributed by atoms with Gasteiger partial charge in [0.25, 0.3) is 0 Å². The maximum absolute atomic E-state index is 5.82. The zero-order valence-corrected chi connectivity index (χ0v) is 11.9. The topological polar surface area (TPSA) is 30.5 Å². The van der Waals surface area contributed by atoms with E-state index >= 15 is 0 Å². The Labute approximate surface area is 106 Å². The van der Waals surface area contributed by atoms with Gasteiger partial charge >= 0.3 is 0 Å². The maximum Gasteiger partial charge on any atom is 0.0529 e. The van der Waals surface area contributed by atoms with Gasteiger partial charge in [-0.3, -0.25) is 0 Å². The van der Waals surface area contributed by atoms with Crippen molar-refractivity contribution in [2.24, 2.45) is 17.3 Å². The Bertz CT molecular complexity index is 198. The predicted molar refractivity (Wildman–Crippen MR) is 71.2 cm³/mol. The van der Waals surface area contributed by atoms with Gasteiger partial charge in [0.2, 0.25) is 0 Å². The van der Waals surface area contributed by atoms with E-state index in [1.807, 2.05) is 0 Å². The summed E-state index contributed by atoms with van der Waals surface area (Å²) in [5, 5.41) is 3.50. The van der Waals surface area contributed by atoms with Gasteiger partial charge in [0.15, 0.2) is 0 Å². The smallest absolute Gasteiger partial charge is 0.0529 e. The average molecular weight is 243 g/mol. The Morgan fingerprint density at radius 2 is 2.18 bits per heavy atom. The van der Waals surface area contributed by atoms with Crippen LogP contribution in [0.5, 0.6) is 0 Å². The summed E-state index contributed by atoms with van der Waals surface area (Å²) in [5.74, 6) is 1.33. The van der Waals surface area contributed by atoms with E-state index in [1.54, 1.807) is 0 Å². The summed E-state index contributed by atoms with van der Waals surface area (Å²) in [6.07, 6.45) is 1.16. The van der Waals surface area contributed by atoms with E-state index in [1.165, 1.54) is 0 Å². The van der Waals surface area contributed by atoms with Gasteiger partial charge < -0.3 is 14.8 Å². The highest BCUT2D eigenvalue weighted by Gasteiger charge is 2.20. The van der Waals surface area contributed by atoms with Crippen LogP contribution in [0.15, 0.2) is 0 Å². The molecule has 3 nitrogen and oxygen atoms in total. The third-order valence-electron chi connectivity index (χ3n) is 3.03. The van der Waals surface area contributed by atoms with Gasteiger partial charge in [-0.05, 0) is 18.9 Å². The van der Waals surface area contributed by atoms with Crippen molar-refractivity contribution in [1.82, 2.24) is 5.32 Å². The number of hydrogen-bond acceptors (Lipinski definition) is 3. The summed E-state index contributed by atoms with van der Waals surface area (Å²) in [7, 11) is 0. The zero-order chi connectivity index (χ0) is 12.7. The normalized spacial score (nSPS) is 21.4. The molecule has 1 N–H and O–H groups in total. The molecule has 1 fully saturated rings. The van der Waals surface area contributed by atoms with Crippen LogP contribution in [0.25, 0.3) is 0 Å². The first kappa shape index (κ1) is 14.9. The fraction of sp³-hybridized carbons (Fsp3) is 1.00. The first-order valence-electron chi connectivity index (χ1n) is 6.86. The van der Waals surface area contributed by atoms with Crippen LogP contribution in [0.2, 0.25) is 0 Å². The monoisotopic (exact) mass is 243 g/mol. The minimum Gasteiger partial charge on any atom is -0.381 e. The van der Waals surface area contributed by atoms with Gasteiger partial charge in [-0.15, -0.1) is 0 Å². The van der Waals surface area contributed by atoms with Crippen molar-refractivity contribution in [3.05, 3.63) is 0 Å². The molecule has 0 spiro atoms. The molecule has 1 aliphatic rings. The number of hydrogen-bond donors (Lipinski definition) is 1. The maximum atomic E-state index is 5.82. The molecule has 0 aromatic carbocycles. The molecule has 17 heavy (non-hydrogen) atoms. The van der Waals surface area contributed by atoms with Crippen molar-refractivity contribution < 1.29 is 9.47 Å². The van der Waals surface area contributed by atoms with Crippen molar-refractivity contribution in [2.45, 2.75) is 34.1 Å². The first-order chi connectivity index (χ1) is 7.99. The SMILES string of the molecule is CC(C)CNCC(C)(C)COCC1CCOC1. The van der Waals surface area contributed by atoms with E-state index in [-0.39, 0.29) is 5.41 Å². The van der Waals surface area contributed by atoms with Crippen molar-refractivity contribution in [3.63, 3.8) is 0 Å². The quantitative estimate of drug-likeness (QED) is 0.709. The standard InChI is InChI=1S/C14H29NO2/c1-12(2)7-15-10-14(3,4)11-17-9-13-5-6-16-8-13/h12-13,15H,5-11H2,1-4H3. The molecule has 1 aliphatic heterocycles. The molecule has 0 radical (unpaired) electrons. The van der Waals surface area contributed by atoms with Crippen molar-refractivity contribution in [2.75, 3.05) is 39.5 Å². The van der Waals surface area contributed by atoms with Crippen LogP contribution < -0.4 is 5.32 Å². The summed E-state index contributed by atoms with van der Waals surface area (Å²) < 4.78 is 11.2. The van der Waals surface area contributed by atoms with Gasteiger partial charge in [-0.1, -0.05) is 27.7 Å². The van der Waals surface area contributed by atoms with Gasteiger partial charge in [0.05, 0.1) is 19.8 Å². The highest BCUT2D eigenvalue weighted by Crippen LogP contribution is 2.17. The third kappa shape index (κ3) is 7.02. The van der Waals surface area contributed by atoms with E-state index in [2.05, 4.69) is 33.0 Å². The molecule has 0 aromatic heterocycles. The Hall–Kier alpha value is -0.120. The lowest BCUT2D eigenvalue weighted by Gasteiger charge is -2.26. The number of rotatable bonds is 8. The predicted octanol–water partition coefficient (Wildman–Crippen LogP) is 2.31. The molecule has 0 amide bonds. The average Bonchev–Trinajstić information content (AvgIpc) is 2.69. The second-order valence-electron chi connectivity index (χ2n) is 6.43. The summed E-state index contributed by atoms with van der Waals surface area (Å²) in [4.78, 5) is 0. The van der Waals surface area contributed by atoms with Crippen molar-refractivity contribution in [1.29, 1.82) is 0 Å². The molecule has 0 aromatic rings. The van der Waals surface area contributed by atoms with Crippen LogP contribution in [-0.4, -0.2) is 39.5 Å². The molecule has 3 heteroatoms. The minimum absolute atomic E-state index is 0.217. The molecule has 0 aliphatic carbocycles. The van der Waals surface area contributed by atoms with E-state index < -0.39 is 0 Å². The second-order valence-corrected chi connectivity index (χ2v) is 6.43. The van der Waals surface area contributed by atoms with Crippen molar-refractivity contribution >= 4 is 0 Å². The van der Waals surface area contributed by atoms with Crippen LogP contribution in [0.4, 0.5) is 0 Å². The highest BCUT2D eigenvalue weighted by atomic mass is 16.5. The fourth-order valence-corrected chi connectivity index (χ4v) is 1.97. The van der Waals surface area contributed by atoms with Crippen molar-refractivity contribution in [3.8, 4) is 0 Å². The van der Waals surface area contributed by atoms with Gasteiger partial charge in [0, 0.05) is 24.5 Å². The largest absolute Gasteiger partial charge is 0.381 e. The zero-order valence-electron chi connectivity index (χ0n) is 11.9. The second kappa shape index (κ2) is 7.34. The lowest BCUT2D eigenvalue weighted by atomic mass is 9.94. The van der Waals surface area contributed by atoms with Gasteiger partial charge in [-0.25, -0.2) is 0 Å². The summed E-state index contributed by atoms with van der Waals surface area (Å²) in [6, 6.07) is 0. The van der Waals surface area contributed by atoms with E-state index in [9.17, 15) is 0 Å². The number of nitrogens with one attached hydrogen (secondary N) is 1. The number of ether oxygens (including phenoxy) is 2. The van der Waals surface area contributed by atoms with E-state index in [4.69, 9.17) is 9.47 Å². The van der Waals surface area contributed by atoms with Crippen LogP contribution in [0, 0.1) is 17.3 Å². The van der Waals surface area contributed by atoms with Crippen LogP contribution in [0.3, 0.4) is 0 Å². The lowest BCUT2D eigenvalue weighted by Crippen LogP contribution is -2.35. The van der Waals surface area contributed by atoms with E-state index in [0.717, 1.165) is 45.9 Å². The highest BCUT2D eigenvalue weighted by molar-refractivity contribution is 4.72. The first-order valence-corrected chi connectivity index (χ1v) is 6.86. The van der Waals surface area contributed by atoms with Crippen LogP contribution in [-0.2, 0) is 9.47 Å². The Morgan fingerprint density at radius 3 is 2.76 bits per heavy atom. The van der Waals surface area contributed by atoms with Gasteiger partial charge in [0.1, 0.15) is 0 Å². The molecule has 0 bridgehead atoms. The lowest BCUT2D eigenvalue weighted by molar-refractivity contribution is 0.0369. The Balaban J connectivity index is 2.06. The van der Waals surface area contributed by atoms with Crippen LogP contribution in [0.1, 0.15) is 34.1 Å².